The number of anilines is 1. The quantitative estimate of drug-likeness (QED) is 0.437. The lowest BCUT2D eigenvalue weighted by Gasteiger charge is -2.13. The van der Waals surface area contributed by atoms with Crippen LogP contribution in [0.2, 0.25) is 0 Å². The molecule has 1 aliphatic heterocycles. The van der Waals surface area contributed by atoms with Crippen molar-refractivity contribution in [3.05, 3.63) is 65.7 Å². The Morgan fingerprint density at radius 2 is 1.84 bits per heavy atom. The van der Waals surface area contributed by atoms with Crippen molar-refractivity contribution in [2.24, 2.45) is 0 Å². The molecule has 0 radical (unpaired) electrons. The molecular formula is C25H27N5O2. The van der Waals surface area contributed by atoms with Crippen LogP contribution < -0.4 is 11.1 Å². The van der Waals surface area contributed by atoms with Crippen molar-refractivity contribution >= 4 is 33.9 Å². The Morgan fingerprint density at radius 1 is 1.09 bits per heavy atom. The summed E-state index contributed by atoms with van der Waals surface area (Å²) in [6.45, 7) is 1.89. The Balaban J connectivity index is 1.43. The summed E-state index contributed by atoms with van der Waals surface area (Å²) in [6.07, 6.45) is 3.83. The highest BCUT2D eigenvalue weighted by Gasteiger charge is 2.26. The van der Waals surface area contributed by atoms with E-state index >= 15 is 0 Å². The molecule has 0 saturated carbocycles. The number of para-hydroxylation sites is 2. The third-order valence-corrected chi connectivity index (χ3v) is 6.00. The van der Waals surface area contributed by atoms with E-state index in [4.69, 9.17) is 20.4 Å². The number of fused-ring (bicyclic) bond motifs is 2. The van der Waals surface area contributed by atoms with Crippen molar-refractivity contribution in [3.8, 4) is 0 Å². The standard InChI is InChI=1S/C25H27N5O2/c26-23-21(25(31)27-14-6-10-17-8-2-1-3-9-17)22-24(30(23)16-18-11-7-15-32-18)29-20-13-5-4-12-19(20)28-22/h1-5,8-9,12-13,18H,6-7,10-11,14-16,26H2,(H,27,31). The van der Waals surface area contributed by atoms with E-state index in [-0.39, 0.29) is 12.0 Å². The lowest BCUT2D eigenvalue weighted by atomic mass is 10.1. The van der Waals surface area contributed by atoms with Gasteiger partial charge in [0.2, 0.25) is 0 Å². The number of hydrogen-bond donors (Lipinski definition) is 2. The highest BCUT2D eigenvalue weighted by Crippen LogP contribution is 2.29. The molecule has 4 aromatic rings. The van der Waals surface area contributed by atoms with Crippen molar-refractivity contribution in [2.45, 2.75) is 38.3 Å². The number of ether oxygens (including phenoxy) is 1. The van der Waals surface area contributed by atoms with Crippen LogP contribution >= 0.6 is 0 Å². The molecule has 3 heterocycles. The molecule has 1 amide bonds. The molecule has 164 valence electrons. The summed E-state index contributed by atoms with van der Waals surface area (Å²) in [5.74, 6) is 0.183. The second kappa shape index (κ2) is 8.96. The zero-order valence-corrected chi connectivity index (χ0v) is 18.0. The van der Waals surface area contributed by atoms with E-state index in [1.165, 1.54) is 5.56 Å². The van der Waals surface area contributed by atoms with Gasteiger partial charge in [-0.05, 0) is 43.4 Å². The predicted molar refractivity (Wildman–Crippen MR) is 126 cm³/mol. The molecule has 1 unspecified atom stereocenters. The zero-order valence-electron chi connectivity index (χ0n) is 18.0. The van der Waals surface area contributed by atoms with E-state index in [2.05, 4.69) is 17.4 Å². The van der Waals surface area contributed by atoms with Crippen molar-refractivity contribution in [2.75, 3.05) is 18.9 Å². The van der Waals surface area contributed by atoms with Crippen molar-refractivity contribution < 1.29 is 9.53 Å². The van der Waals surface area contributed by atoms with Crippen LogP contribution in [0, 0.1) is 0 Å². The molecule has 0 bridgehead atoms. The third-order valence-electron chi connectivity index (χ3n) is 6.00. The molecular weight excluding hydrogens is 402 g/mol. The average Bonchev–Trinajstić information content (AvgIpc) is 3.42. The van der Waals surface area contributed by atoms with E-state index in [1.54, 1.807) is 0 Å². The van der Waals surface area contributed by atoms with Crippen LogP contribution in [0.3, 0.4) is 0 Å². The van der Waals surface area contributed by atoms with Gasteiger partial charge in [0.1, 0.15) is 16.9 Å². The van der Waals surface area contributed by atoms with Crippen LogP contribution in [-0.2, 0) is 17.7 Å². The van der Waals surface area contributed by atoms with Crippen LogP contribution in [0.1, 0.15) is 35.2 Å². The first-order valence-corrected chi connectivity index (χ1v) is 11.2. The number of carbonyl (C=O) groups is 1. The number of hydrogen-bond acceptors (Lipinski definition) is 5. The number of aromatic nitrogens is 3. The number of amides is 1. The smallest absolute Gasteiger partial charge is 0.257 e. The van der Waals surface area contributed by atoms with Gasteiger partial charge < -0.3 is 20.4 Å². The fourth-order valence-electron chi connectivity index (χ4n) is 4.35. The van der Waals surface area contributed by atoms with Gasteiger partial charge in [0.05, 0.1) is 23.7 Å². The number of rotatable bonds is 7. The van der Waals surface area contributed by atoms with Gasteiger partial charge in [0.25, 0.3) is 5.91 Å². The van der Waals surface area contributed by atoms with Crippen LogP contribution in [0.15, 0.2) is 54.6 Å². The summed E-state index contributed by atoms with van der Waals surface area (Å²) in [7, 11) is 0. The van der Waals surface area contributed by atoms with Crippen molar-refractivity contribution in [1.82, 2.24) is 19.9 Å². The molecule has 2 aromatic heterocycles. The number of nitrogens with zero attached hydrogens (tertiary/aromatic N) is 3. The van der Waals surface area contributed by atoms with Gasteiger partial charge in [-0.1, -0.05) is 42.5 Å². The summed E-state index contributed by atoms with van der Waals surface area (Å²) in [5.41, 5.74) is 10.9. The Labute approximate surface area is 186 Å². The van der Waals surface area contributed by atoms with Gasteiger partial charge in [-0.25, -0.2) is 9.97 Å². The fourth-order valence-corrected chi connectivity index (χ4v) is 4.35. The summed E-state index contributed by atoms with van der Waals surface area (Å²) in [4.78, 5) is 22.7. The minimum atomic E-state index is -0.212. The highest BCUT2D eigenvalue weighted by atomic mass is 16.5. The van der Waals surface area contributed by atoms with E-state index in [9.17, 15) is 4.79 Å². The van der Waals surface area contributed by atoms with Gasteiger partial charge in [-0.15, -0.1) is 0 Å². The minimum absolute atomic E-state index is 0.0722. The highest BCUT2D eigenvalue weighted by molar-refractivity contribution is 6.10. The molecule has 1 saturated heterocycles. The summed E-state index contributed by atoms with van der Waals surface area (Å²) in [6, 6.07) is 17.9. The van der Waals surface area contributed by atoms with Crippen molar-refractivity contribution in [3.63, 3.8) is 0 Å². The molecule has 7 nitrogen and oxygen atoms in total. The SMILES string of the molecule is Nc1c(C(=O)NCCCc2ccccc2)c2nc3ccccc3nc2n1CC1CCCO1. The van der Waals surface area contributed by atoms with Crippen molar-refractivity contribution in [1.29, 1.82) is 0 Å². The van der Waals surface area contributed by atoms with Crippen LogP contribution in [0.4, 0.5) is 5.82 Å². The second-order valence-electron chi connectivity index (χ2n) is 8.24. The molecule has 1 fully saturated rings. The molecule has 32 heavy (non-hydrogen) atoms. The summed E-state index contributed by atoms with van der Waals surface area (Å²) < 4.78 is 7.71. The van der Waals surface area contributed by atoms with E-state index in [0.717, 1.165) is 43.3 Å². The van der Waals surface area contributed by atoms with Crippen LogP contribution in [0.5, 0.6) is 0 Å². The molecule has 0 aliphatic carbocycles. The van der Waals surface area contributed by atoms with Gasteiger partial charge in [-0.3, -0.25) is 4.79 Å². The maximum absolute atomic E-state index is 13.2. The summed E-state index contributed by atoms with van der Waals surface area (Å²) in [5, 5.41) is 3.03. The Bertz CT molecular complexity index is 1250. The van der Waals surface area contributed by atoms with Gasteiger partial charge >= 0.3 is 0 Å². The zero-order chi connectivity index (χ0) is 21.9. The average molecular weight is 430 g/mol. The maximum Gasteiger partial charge on any atom is 0.257 e. The molecule has 0 spiro atoms. The molecule has 1 atom stereocenters. The van der Waals surface area contributed by atoms with Crippen LogP contribution in [0.25, 0.3) is 22.2 Å². The third kappa shape index (κ3) is 4.03. The Kier molecular flexibility index (Phi) is 5.73. The lowest BCUT2D eigenvalue weighted by Crippen LogP contribution is -2.26. The van der Waals surface area contributed by atoms with E-state index in [1.807, 2.05) is 47.0 Å². The Hall–Kier alpha value is -3.45. The lowest BCUT2D eigenvalue weighted by molar-refractivity contribution is 0.0949. The van der Waals surface area contributed by atoms with E-state index in [0.29, 0.717) is 35.6 Å². The second-order valence-corrected chi connectivity index (χ2v) is 8.24. The number of nitrogens with two attached hydrogens (primary N) is 1. The number of nitrogen functional groups attached to an aromatic ring is 1. The van der Waals surface area contributed by atoms with Gasteiger partial charge in [-0.2, -0.15) is 0 Å². The van der Waals surface area contributed by atoms with Gasteiger partial charge in [0, 0.05) is 13.2 Å². The monoisotopic (exact) mass is 429 g/mol. The van der Waals surface area contributed by atoms with E-state index < -0.39 is 0 Å². The normalized spacial score (nSPS) is 16.1. The molecule has 7 heteroatoms. The molecule has 2 aromatic carbocycles. The fraction of sp³-hybridized carbons (Fsp3) is 0.320. The molecule has 3 N–H and O–H groups in total. The van der Waals surface area contributed by atoms with Crippen LogP contribution in [-0.4, -0.2) is 39.7 Å². The summed E-state index contributed by atoms with van der Waals surface area (Å²) >= 11 is 0. The number of aryl methyl sites for hydroxylation is 1. The maximum atomic E-state index is 13.2. The minimum Gasteiger partial charge on any atom is -0.384 e. The predicted octanol–water partition coefficient (Wildman–Crippen LogP) is 3.71. The topological polar surface area (TPSA) is 95.1 Å². The Morgan fingerprint density at radius 3 is 2.59 bits per heavy atom. The molecule has 1 aliphatic rings. The number of carbonyl (C=O) groups excluding carboxylic acids is 1. The molecule has 5 rings (SSSR count). The number of nitrogens with one attached hydrogen (secondary N) is 1. The largest absolute Gasteiger partial charge is 0.384 e. The first kappa shape index (κ1) is 20.5. The first-order chi connectivity index (χ1) is 15.7. The first-order valence-electron chi connectivity index (χ1n) is 11.2. The number of benzene rings is 2. The van der Waals surface area contributed by atoms with Gasteiger partial charge in [0.15, 0.2) is 5.65 Å².